The zero-order valence-electron chi connectivity index (χ0n) is 19.0. The van der Waals surface area contributed by atoms with Crippen LogP contribution >= 0.6 is 0 Å². The van der Waals surface area contributed by atoms with Crippen molar-refractivity contribution in [1.82, 2.24) is 8.61 Å². The van der Waals surface area contributed by atoms with Crippen LogP contribution in [0.1, 0.15) is 43.5 Å². The molecule has 2 fully saturated rings. The molecule has 8 heteroatoms. The summed E-state index contributed by atoms with van der Waals surface area (Å²) in [4.78, 5) is 27.2. The lowest BCUT2D eigenvalue weighted by atomic mass is 9.73. The highest BCUT2D eigenvalue weighted by Crippen LogP contribution is 2.53. The fourth-order valence-corrected chi connectivity index (χ4v) is 9.70. The van der Waals surface area contributed by atoms with Gasteiger partial charge in [-0.15, -0.1) is 6.58 Å². The molecule has 0 N–H and O–H groups in total. The Morgan fingerprint density at radius 2 is 1.44 bits per heavy atom. The molecule has 0 bridgehead atoms. The SMILES string of the molecule is C=C[C@@]12CC=C3C(=O)N([C@@H](C)c4ccccc4)[S@@](=O)[C@H]3[C@@H]1[S@](=O)N([C@@H](C)c1ccccc1)C2=O. The number of benzene rings is 2. The van der Waals surface area contributed by atoms with Crippen molar-refractivity contribution in [3.63, 3.8) is 0 Å². The van der Waals surface area contributed by atoms with E-state index in [1.807, 2.05) is 74.5 Å². The lowest BCUT2D eigenvalue weighted by Gasteiger charge is -2.33. The molecule has 0 aromatic heterocycles. The molecule has 1 aliphatic carbocycles. The van der Waals surface area contributed by atoms with Gasteiger partial charge in [-0.1, -0.05) is 72.8 Å². The van der Waals surface area contributed by atoms with Crippen molar-refractivity contribution in [2.75, 3.05) is 0 Å². The Balaban J connectivity index is 1.55. The minimum absolute atomic E-state index is 0.214. The van der Waals surface area contributed by atoms with E-state index >= 15 is 0 Å². The van der Waals surface area contributed by atoms with E-state index in [1.54, 1.807) is 12.2 Å². The van der Waals surface area contributed by atoms with Crippen molar-refractivity contribution in [3.8, 4) is 0 Å². The maximum atomic E-state index is 13.9. The van der Waals surface area contributed by atoms with Crippen LogP contribution in [0.2, 0.25) is 0 Å². The highest BCUT2D eigenvalue weighted by atomic mass is 32.2. The molecule has 0 radical (unpaired) electrons. The van der Waals surface area contributed by atoms with Crippen LogP contribution in [0.15, 0.2) is 85.0 Å². The van der Waals surface area contributed by atoms with Gasteiger partial charge in [0.15, 0.2) is 0 Å². The van der Waals surface area contributed by atoms with Gasteiger partial charge in [0.2, 0.25) is 5.91 Å². The molecular weight excluding hydrogens is 468 g/mol. The lowest BCUT2D eigenvalue weighted by molar-refractivity contribution is -0.134. The largest absolute Gasteiger partial charge is 0.273 e. The molecule has 3 aliphatic rings. The average molecular weight is 495 g/mol. The van der Waals surface area contributed by atoms with Crippen molar-refractivity contribution in [1.29, 1.82) is 0 Å². The molecule has 0 saturated carbocycles. The Labute approximate surface area is 204 Å². The van der Waals surface area contributed by atoms with E-state index in [1.165, 1.54) is 8.61 Å². The van der Waals surface area contributed by atoms with Crippen LogP contribution in [0.4, 0.5) is 0 Å². The number of hydrogen-bond donors (Lipinski definition) is 0. The summed E-state index contributed by atoms with van der Waals surface area (Å²) in [7, 11) is -3.58. The van der Waals surface area contributed by atoms with Crippen molar-refractivity contribution in [2.45, 2.75) is 42.9 Å². The molecule has 0 spiro atoms. The number of carbonyl (C=O) groups excluding carboxylic acids is 2. The molecule has 7 atom stereocenters. The van der Waals surface area contributed by atoms with E-state index in [9.17, 15) is 18.0 Å². The Hall–Kier alpha value is -2.84. The maximum absolute atomic E-state index is 13.9. The van der Waals surface area contributed by atoms with Gasteiger partial charge in [-0.05, 0) is 31.4 Å². The van der Waals surface area contributed by atoms with Gasteiger partial charge >= 0.3 is 0 Å². The first kappa shape index (κ1) is 22.9. The first-order valence-corrected chi connectivity index (χ1v) is 13.6. The Morgan fingerprint density at radius 3 is 1.97 bits per heavy atom. The highest BCUT2D eigenvalue weighted by molar-refractivity contribution is 7.89. The van der Waals surface area contributed by atoms with Crippen LogP contribution in [0.25, 0.3) is 0 Å². The van der Waals surface area contributed by atoms with Crippen LogP contribution in [-0.4, -0.2) is 39.3 Å². The monoisotopic (exact) mass is 494 g/mol. The summed E-state index contributed by atoms with van der Waals surface area (Å²) in [5.74, 6) is -0.618. The second-order valence-corrected chi connectivity index (χ2v) is 11.8. The van der Waals surface area contributed by atoms with Crippen molar-refractivity contribution in [3.05, 3.63) is 96.1 Å². The fraction of sp³-hybridized carbons (Fsp3) is 0.308. The number of hydrogen-bond acceptors (Lipinski definition) is 4. The summed E-state index contributed by atoms with van der Waals surface area (Å²) >= 11 is 0. The Kier molecular flexibility index (Phi) is 5.68. The Bertz CT molecular complexity index is 1250. The Morgan fingerprint density at radius 1 is 0.912 bits per heavy atom. The third-order valence-electron chi connectivity index (χ3n) is 7.25. The van der Waals surface area contributed by atoms with Gasteiger partial charge in [-0.3, -0.25) is 13.9 Å². The van der Waals surface area contributed by atoms with Gasteiger partial charge < -0.3 is 0 Å². The predicted molar refractivity (Wildman–Crippen MR) is 133 cm³/mol. The standard InChI is InChI=1S/C26H26N2O4S2/c1-4-26-16-15-21-22(33(31)27(24(21)29)17(2)19-11-7-5-8-12-19)23(26)34(32)28(25(26)30)18(3)20-13-9-6-10-14-20/h4-15,17-18,22-23H,1,16H2,2-3H3/t17-,18-,22+,23-,26+,33-,34-/m0/s1. The van der Waals surface area contributed by atoms with Crippen LogP contribution in [-0.2, 0) is 31.6 Å². The van der Waals surface area contributed by atoms with Crippen LogP contribution in [0, 0.1) is 5.41 Å². The van der Waals surface area contributed by atoms with E-state index in [0.717, 1.165) is 11.1 Å². The number of amides is 2. The number of carbonyl (C=O) groups is 2. The number of allylic oxidation sites excluding steroid dienone is 1. The topological polar surface area (TPSA) is 74.8 Å². The first-order valence-electron chi connectivity index (χ1n) is 11.3. The molecule has 34 heavy (non-hydrogen) atoms. The van der Waals surface area contributed by atoms with E-state index in [4.69, 9.17) is 0 Å². The smallest absolute Gasteiger partial charge is 0.263 e. The fourth-order valence-electron chi connectivity index (χ4n) is 5.29. The minimum atomic E-state index is -1.80. The highest BCUT2D eigenvalue weighted by Gasteiger charge is 2.67. The molecule has 2 amide bonds. The van der Waals surface area contributed by atoms with Crippen LogP contribution < -0.4 is 0 Å². The predicted octanol–water partition coefficient (Wildman–Crippen LogP) is 3.76. The van der Waals surface area contributed by atoms with Gasteiger partial charge in [-0.2, -0.15) is 0 Å². The zero-order valence-corrected chi connectivity index (χ0v) is 20.6. The molecule has 6 nitrogen and oxygen atoms in total. The second kappa shape index (κ2) is 8.43. The van der Waals surface area contributed by atoms with Gasteiger partial charge in [-0.25, -0.2) is 12.7 Å². The molecule has 2 saturated heterocycles. The molecule has 2 heterocycles. The molecule has 5 rings (SSSR count). The summed E-state index contributed by atoms with van der Waals surface area (Å²) < 4.78 is 30.6. The maximum Gasteiger partial charge on any atom is 0.263 e. The van der Waals surface area contributed by atoms with E-state index in [-0.39, 0.29) is 18.2 Å². The summed E-state index contributed by atoms with van der Waals surface area (Å²) in [5, 5.41) is -1.65. The average Bonchev–Trinajstić information content (AvgIpc) is 3.26. The summed E-state index contributed by atoms with van der Waals surface area (Å²) in [6.07, 6.45) is 3.48. The van der Waals surface area contributed by atoms with Gasteiger partial charge in [0.25, 0.3) is 5.91 Å². The number of fused-ring (bicyclic) bond motifs is 3. The summed E-state index contributed by atoms with van der Waals surface area (Å²) in [6.45, 7) is 7.60. The van der Waals surface area contributed by atoms with Gasteiger partial charge in [0.05, 0.1) is 22.7 Å². The molecule has 2 aliphatic heterocycles. The van der Waals surface area contributed by atoms with E-state index < -0.39 is 50.0 Å². The van der Waals surface area contributed by atoms with Crippen molar-refractivity contribution >= 4 is 33.8 Å². The minimum Gasteiger partial charge on any atom is -0.273 e. The first-order chi connectivity index (χ1) is 16.3. The van der Waals surface area contributed by atoms with Gasteiger partial charge in [0, 0.05) is 5.57 Å². The third kappa shape index (κ3) is 3.11. The molecule has 176 valence electrons. The van der Waals surface area contributed by atoms with Crippen molar-refractivity contribution in [2.24, 2.45) is 5.41 Å². The normalized spacial score (nSPS) is 32.1. The second-order valence-electron chi connectivity index (χ2n) is 8.94. The molecular formula is C26H26N2O4S2. The lowest BCUT2D eigenvalue weighted by Crippen LogP contribution is -2.47. The van der Waals surface area contributed by atoms with Crippen LogP contribution in [0.3, 0.4) is 0 Å². The van der Waals surface area contributed by atoms with E-state index in [0.29, 0.717) is 5.57 Å². The quantitative estimate of drug-likeness (QED) is 0.594. The van der Waals surface area contributed by atoms with Gasteiger partial charge in [0.1, 0.15) is 27.2 Å². The summed E-state index contributed by atoms with van der Waals surface area (Å²) in [5.41, 5.74) is 0.947. The number of rotatable bonds is 5. The summed E-state index contributed by atoms with van der Waals surface area (Å²) in [6, 6.07) is 18.0. The molecule has 0 unspecified atom stereocenters. The molecule has 2 aromatic carbocycles. The van der Waals surface area contributed by atoms with Crippen LogP contribution in [0.5, 0.6) is 0 Å². The molecule has 2 aromatic rings. The zero-order chi connectivity index (χ0) is 24.2. The number of nitrogens with zero attached hydrogens (tertiary/aromatic N) is 2. The third-order valence-corrected chi connectivity index (χ3v) is 11.2. The van der Waals surface area contributed by atoms with Crippen molar-refractivity contribution < 1.29 is 18.0 Å². The van der Waals surface area contributed by atoms with E-state index in [2.05, 4.69) is 6.58 Å².